The number of carbonyl (C=O) groups excluding carboxylic acids is 1. The van der Waals surface area contributed by atoms with Crippen LogP contribution in [0, 0.1) is 12.3 Å². The molecule has 0 radical (unpaired) electrons. The minimum Gasteiger partial charge on any atom is -0.748 e. The highest BCUT2D eigenvalue weighted by Crippen LogP contribution is 2.39. The van der Waals surface area contributed by atoms with E-state index < -0.39 is 51.9 Å². The average Bonchev–Trinajstić information content (AvgIpc) is 2.61. The van der Waals surface area contributed by atoms with E-state index >= 15 is 0 Å². The Morgan fingerprint density at radius 2 is 1.86 bits per heavy atom. The molecule has 0 heterocycles. The molecule has 11 heteroatoms. The molecule has 0 unspecified atom stereocenters. The Balaban J connectivity index is 2.28. The minimum absolute atomic E-state index is 0.221. The monoisotopic (exact) mass is 435 g/mol. The van der Waals surface area contributed by atoms with E-state index in [9.17, 15) is 30.9 Å². The number of hydrogen-bond donors (Lipinski definition) is 0. The molecule has 1 aromatic carbocycles. The molecule has 7 nitrogen and oxygen atoms in total. The molecule has 0 amide bonds. The van der Waals surface area contributed by atoms with Crippen LogP contribution in [0.25, 0.3) is 0 Å². The molecule has 2 rings (SSSR count). The minimum atomic E-state index is -5.00. The number of rotatable bonds is 7. The zero-order valence-electron chi connectivity index (χ0n) is 15.2. The molecule has 29 heavy (non-hydrogen) atoms. The summed E-state index contributed by atoms with van der Waals surface area (Å²) in [4.78, 5) is 12.0. The zero-order valence-corrected chi connectivity index (χ0v) is 16.0. The van der Waals surface area contributed by atoms with Gasteiger partial charge in [-0.05, 0) is 43.9 Å². The van der Waals surface area contributed by atoms with E-state index in [-0.39, 0.29) is 5.56 Å². The maximum Gasteiger partial charge on any atom is 0.573 e. The highest BCUT2D eigenvalue weighted by Gasteiger charge is 2.36. The number of ether oxygens (including phenoxy) is 3. The van der Waals surface area contributed by atoms with Gasteiger partial charge >= 0.3 is 12.3 Å². The molecular formula is C18H18F3O7S-. The standard InChI is InChI=1S/C18H19F3O7S/c1-2-17(8-4-3-5-9-17)27-15-12-13(6-7-14(15)28-18(19,20)21)16(22)26-10-11-29(23,24)25/h1,6-7,12H,3-5,8-11H2,(H,23,24,25)/p-1. The number of hydrogen-bond acceptors (Lipinski definition) is 7. The summed E-state index contributed by atoms with van der Waals surface area (Å²) in [5.41, 5.74) is -1.36. The lowest BCUT2D eigenvalue weighted by molar-refractivity contribution is -0.275. The third kappa shape index (κ3) is 7.14. The predicted octanol–water partition coefficient (Wildman–Crippen LogP) is 3.00. The number of alkyl halides is 3. The molecule has 0 atom stereocenters. The summed E-state index contributed by atoms with van der Waals surface area (Å²) in [6.07, 6.45) is 3.76. The highest BCUT2D eigenvalue weighted by molar-refractivity contribution is 7.85. The van der Waals surface area contributed by atoms with Crippen molar-refractivity contribution in [3.63, 3.8) is 0 Å². The van der Waals surface area contributed by atoms with Gasteiger partial charge in [-0.2, -0.15) is 0 Å². The molecule has 0 aliphatic heterocycles. The lowest BCUT2D eigenvalue weighted by atomic mass is 9.85. The SMILES string of the molecule is C#CC1(Oc2cc(C(=O)OCCS(=O)(=O)[O-])ccc2OC(F)(F)F)CCCCC1. The quantitative estimate of drug-likeness (QED) is 0.369. The van der Waals surface area contributed by atoms with E-state index in [4.69, 9.17) is 11.2 Å². The molecule has 0 saturated heterocycles. The van der Waals surface area contributed by atoms with Gasteiger partial charge in [-0.1, -0.05) is 12.3 Å². The Labute approximate surface area is 165 Å². The molecule has 0 N–H and O–H groups in total. The van der Waals surface area contributed by atoms with Crippen molar-refractivity contribution in [3.8, 4) is 23.8 Å². The average molecular weight is 435 g/mol. The molecule has 1 saturated carbocycles. The first-order valence-electron chi connectivity index (χ1n) is 8.60. The van der Waals surface area contributed by atoms with E-state index in [0.29, 0.717) is 12.8 Å². The largest absolute Gasteiger partial charge is 0.748 e. The first-order valence-corrected chi connectivity index (χ1v) is 10.2. The van der Waals surface area contributed by atoms with Crippen molar-refractivity contribution < 1.29 is 45.1 Å². The predicted molar refractivity (Wildman–Crippen MR) is 93.2 cm³/mol. The van der Waals surface area contributed by atoms with Crippen LogP contribution in [0.15, 0.2) is 18.2 Å². The molecule has 1 fully saturated rings. The molecule has 0 bridgehead atoms. The number of esters is 1. The van der Waals surface area contributed by atoms with Gasteiger partial charge in [0.25, 0.3) is 0 Å². The van der Waals surface area contributed by atoms with Crippen LogP contribution in [0.4, 0.5) is 13.2 Å². The molecule has 0 aromatic heterocycles. The van der Waals surface area contributed by atoms with E-state index in [0.717, 1.165) is 37.5 Å². The van der Waals surface area contributed by atoms with Crippen LogP contribution in [0.1, 0.15) is 42.5 Å². The number of halogens is 3. The van der Waals surface area contributed by atoms with Gasteiger partial charge in [0, 0.05) is 0 Å². The Kier molecular flexibility index (Phi) is 7.02. The second-order valence-electron chi connectivity index (χ2n) is 6.41. The number of terminal acetylenes is 1. The van der Waals surface area contributed by atoms with Gasteiger partial charge in [-0.15, -0.1) is 19.6 Å². The summed E-state index contributed by atoms with van der Waals surface area (Å²) >= 11 is 0. The molecule has 1 aliphatic carbocycles. The van der Waals surface area contributed by atoms with Gasteiger partial charge in [-0.3, -0.25) is 0 Å². The topological polar surface area (TPSA) is 102 Å². The molecule has 1 aliphatic rings. The Bertz CT molecular complexity index is 882. The third-order valence-electron chi connectivity index (χ3n) is 4.20. The smallest absolute Gasteiger partial charge is 0.573 e. The van der Waals surface area contributed by atoms with Gasteiger partial charge in [0.1, 0.15) is 6.61 Å². The van der Waals surface area contributed by atoms with Gasteiger partial charge in [-0.25, -0.2) is 13.2 Å². The summed E-state index contributed by atoms with van der Waals surface area (Å²) in [5.74, 6) is -0.579. The van der Waals surface area contributed by atoms with Crippen LogP contribution in [0.3, 0.4) is 0 Å². The van der Waals surface area contributed by atoms with E-state index in [1.807, 2.05) is 0 Å². The maximum atomic E-state index is 12.7. The molecular weight excluding hydrogens is 417 g/mol. The summed E-state index contributed by atoms with van der Waals surface area (Å²) < 4.78 is 84.2. The first kappa shape index (κ1) is 22.8. The number of carbonyl (C=O) groups is 1. The maximum absolute atomic E-state index is 12.7. The van der Waals surface area contributed by atoms with Gasteiger partial charge in [0.15, 0.2) is 17.1 Å². The molecule has 1 aromatic rings. The van der Waals surface area contributed by atoms with Crippen LogP contribution in [-0.4, -0.2) is 43.3 Å². The van der Waals surface area contributed by atoms with Crippen LogP contribution in [-0.2, 0) is 14.9 Å². The van der Waals surface area contributed by atoms with Crippen LogP contribution >= 0.6 is 0 Å². The van der Waals surface area contributed by atoms with Gasteiger partial charge in [0.2, 0.25) is 0 Å². The van der Waals surface area contributed by atoms with Crippen molar-refractivity contribution in [3.05, 3.63) is 23.8 Å². The third-order valence-corrected chi connectivity index (χ3v) is 4.87. The lowest BCUT2D eigenvalue weighted by Gasteiger charge is -2.33. The first-order chi connectivity index (χ1) is 13.4. The van der Waals surface area contributed by atoms with Crippen molar-refractivity contribution in [2.45, 2.75) is 44.1 Å². The van der Waals surface area contributed by atoms with E-state index in [1.165, 1.54) is 0 Å². The zero-order chi connectivity index (χ0) is 21.7. The Morgan fingerprint density at radius 3 is 2.41 bits per heavy atom. The summed E-state index contributed by atoms with van der Waals surface area (Å²) in [6, 6.07) is 2.84. The fraction of sp³-hybridized carbons (Fsp3) is 0.500. The van der Waals surface area contributed by atoms with Crippen LogP contribution in [0.5, 0.6) is 11.5 Å². The van der Waals surface area contributed by atoms with Crippen molar-refractivity contribution in [2.24, 2.45) is 0 Å². The second kappa shape index (κ2) is 8.92. The second-order valence-corrected chi connectivity index (χ2v) is 7.93. The number of benzene rings is 1. The lowest BCUT2D eigenvalue weighted by Crippen LogP contribution is -2.36. The van der Waals surface area contributed by atoms with Crippen molar-refractivity contribution in [1.82, 2.24) is 0 Å². The van der Waals surface area contributed by atoms with E-state index in [2.05, 4.69) is 15.4 Å². The van der Waals surface area contributed by atoms with Crippen LogP contribution < -0.4 is 9.47 Å². The summed E-state index contributed by atoms with van der Waals surface area (Å²) in [7, 11) is -4.59. The fourth-order valence-electron chi connectivity index (χ4n) is 2.85. The summed E-state index contributed by atoms with van der Waals surface area (Å²) in [6.45, 7) is -0.698. The van der Waals surface area contributed by atoms with Crippen molar-refractivity contribution in [2.75, 3.05) is 12.4 Å². The Morgan fingerprint density at radius 1 is 1.21 bits per heavy atom. The van der Waals surface area contributed by atoms with Gasteiger partial charge < -0.3 is 18.8 Å². The highest BCUT2D eigenvalue weighted by atomic mass is 32.2. The molecule has 0 spiro atoms. The van der Waals surface area contributed by atoms with Crippen molar-refractivity contribution in [1.29, 1.82) is 0 Å². The van der Waals surface area contributed by atoms with E-state index in [1.54, 1.807) is 0 Å². The van der Waals surface area contributed by atoms with Gasteiger partial charge in [0.05, 0.1) is 21.4 Å². The molecule has 160 valence electrons. The Hall–Kier alpha value is -2.45. The van der Waals surface area contributed by atoms with Crippen LogP contribution in [0.2, 0.25) is 0 Å². The summed E-state index contributed by atoms with van der Waals surface area (Å²) in [5, 5.41) is 0. The normalized spacial score (nSPS) is 16.5. The fourth-order valence-corrected chi connectivity index (χ4v) is 3.14. The van der Waals surface area contributed by atoms with Crippen molar-refractivity contribution >= 4 is 16.1 Å².